The molecule has 0 spiro atoms. The van der Waals surface area contributed by atoms with Gasteiger partial charge >= 0.3 is 6.03 Å². The molecule has 2 aromatic rings. The standard InChI is InChI=1S/C27H32N6O4S/c1-32(2)10-11-33(14-20-8-9-23(29-13-20)26(34)30-24-18-38-17-22(24)28)27(35)31-25-16-36-15-21(37-25)12-19-6-4-3-5-7-19/h3-4,6,8-9,13,15,17-18H,5,7,10-12,14,16,28H2,1-2H3,(H,30,34). The maximum Gasteiger partial charge on any atom is 0.347 e. The molecule has 0 bridgehead atoms. The molecule has 0 radical (unpaired) electrons. The molecule has 0 fully saturated rings. The Morgan fingerprint density at radius 1 is 1.24 bits per heavy atom. The molecule has 3 heterocycles. The van der Waals surface area contributed by atoms with E-state index in [4.69, 9.17) is 15.2 Å². The second kappa shape index (κ2) is 13.0. The smallest absolute Gasteiger partial charge is 0.347 e. The number of aromatic nitrogens is 1. The Hall–Kier alpha value is -3.96. The van der Waals surface area contributed by atoms with Crippen molar-refractivity contribution in [1.29, 1.82) is 0 Å². The van der Waals surface area contributed by atoms with E-state index in [1.807, 2.05) is 25.1 Å². The fourth-order valence-electron chi connectivity index (χ4n) is 3.78. The van der Waals surface area contributed by atoms with Gasteiger partial charge in [-0.25, -0.2) is 4.79 Å². The third-order valence-corrected chi connectivity index (χ3v) is 6.61. The van der Waals surface area contributed by atoms with Gasteiger partial charge in [0, 0.05) is 43.0 Å². The van der Waals surface area contributed by atoms with Crippen LogP contribution in [0.5, 0.6) is 0 Å². The van der Waals surface area contributed by atoms with E-state index in [2.05, 4.69) is 27.4 Å². The van der Waals surface area contributed by atoms with Crippen molar-refractivity contribution in [3.8, 4) is 0 Å². The highest BCUT2D eigenvalue weighted by Crippen LogP contribution is 2.24. The second-order valence-corrected chi connectivity index (χ2v) is 9.97. The molecule has 3 N–H and O–H groups in total. The van der Waals surface area contributed by atoms with Gasteiger partial charge in [-0.3, -0.25) is 9.78 Å². The van der Waals surface area contributed by atoms with Crippen molar-refractivity contribution >= 4 is 40.5 Å². The monoisotopic (exact) mass is 536 g/mol. The van der Waals surface area contributed by atoms with Crippen LogP contribution in [-0.4, -0.2) is 66.4 Å². The molecule has 2 aliphatic rings. The van der Waals surface area contributed by atoms with Gasteiger partial charge in [-0.15, -0.1) is 11.3 Å². The molecule has 11 heteroatoms. The molecule has 0 saturated carbocycles. The van der Waals surface area contributed by atoms with E-state index in [1.165, 1.54) is 16.9 Å². The predicted molar refractivity (Wildman–Crippen MR) is 149 cm³/mol. The molecule has 10 nitrogen and oxygen atoms in total. The zero-order chi connectivity index (χ0) is 26.9. The fourth-order valence-corrected chi connectivity index (χ4v) is 4.45. The molecule has 0 unspecified atom stereocenters. The number of carbonyl (C=O) groups excluding carboxylic acids is 2. The summed E-state index contributed by atoms with van der Waals surface area (Å²) in [4.78, 5) is 37.8. The summed E-state index contributed by atoms with van der Waals surface area (Å²) in [5.74, 6) is 0.505. The van der Waals surface area contributed by atoms with Gasteiger partial charge in [-0.05, 0) is 38.6 Å². The topological polar surface area (TPSA) is 122 Å². The zero-order valence-electron chi connectivity index (χ0n) is 21.6. The predicted octanol–water partition coefficient (Wildman–Crippen LogP) is 4.41. The highest BCUT2D eigenvalue weighted by atomic mass is 32.1. The van der Waals surface area contributed by atoms with Crippen molar-refractivity contribution < 1.29 is 19.1 Å². The van der Waals surface area contributed by atoms with Crippen molar-refractivity contribution in [2.24, 2.45) is 4.99 Å². The number of nitrogens with one attached hydrogen (secondary N) is 1. The second-order valence-electron chi connectivity index (χ2n) is 9.23. The van der Waals surface area contributed by atoms with Crippen LogP contribution in [0.1, 0.15) is 35.3 Å². The Bertz CT molecular complexity index is 1260. The molecule has 0 atom stereocenters. The quantitative estimate of drug-likeness (QED) is 0.487. The number of amides is 3. The third kappa shape index (κ3) is 7.77. The molecule has 38 heavy (non-hydrogen) atoms. The van der Waals surface area contributed by atoms with E-state index in [0.29, 0.717) is 36.6 Å². The van der Waals surface area contributed by atoms with Crippen molar-refractivity contribution in [3.05, 3.63) is 76.2 Å². The van der Waals surface area contributed by atoms with Gasteiger partial charge in [0.15, 0.2) is 6.61 Å². The number of nitrogens with zero attached hydrogens (tertiary/aromatic N) is 4. The first kappa shape index (κ1) is 27.1. The Balaban J connectivity index is 1.40. The lowest BCUT2D eigenvalue weighted by Gasteiger charge is -2.24. The van der Waals surface area contributed by atoms with E-state index in [-0.39, 0.29) is 30.7 Å². The number of thiophene rings is 1. The van der Waals surface area contributed by atoms with Crippen molar-refractivity contribution in [2.45, 2.75) is 25.8 Å². The number of hydrogen-bond donors (Lipinski definition) is 2. The number of allylic oxidation sites excluding steroid dienone is 4. The largest absolute Gasteiger partial charge is 0.488 e. The summed E-state index contributed by atoms with van der Waals surface area (Å²) < 4.78 is 11.4. The lowest BCUT2D eigenvalue weighted by molar-refractivity contribution is 0.102. The van der Waals surface area contributed by atoms with Crippen molar-refractivity contribution in [2.75, 3.05) is 44.8 Å². The summed E-state index contributed by atoms with van der Waals surface area (Å²) in [5.41, 5.74) is 9.17. The molecular weight excluding hydrogens is 504 g/mol. The highest BCUT2D eigenvalue weighted by Gasteiger charge is 2.20. The van der Waals surface area contributed by atoms with Crippen LogP contribution in [0.2, 0.25) is 0 Å². The van der Waals surface area contributed by atoms with Gasteiger partial charge < -0.3 is 30.3 Å². The van der Waals surface area contributed by atoms with Crippen LogP contribution < -0.4 is 11.1 Å². The van der Waals surface area contributed by atoms with E-state index >= 15 is 0 Å². The van der Waals surface area contributed by atoms with Crippen LogP contribution in [0.4, 0.5) is 16.2 Å². The van der Waals surface area contributed by atoms with Crippen LogP contribution in [0.25, 0.3) is 0 Å². The number of nitrogen functional groups attached to an aromatic ring is 1. The van der Waals surface area contributed by atoms with Gasteiger partial charge in [0.25, 0.3) is 5.91 Å². The fraction of sp³-hybridized carbons (Fsp3) is 0.333. The van der Waals surface area contributed by atoms with Crippen LogP contribution in [-0.2, 0) is 16.0 Å². The van der Waals surface area contributed by atoms with Crippen LogP contribution in [0.3, 0.4) is 0 Å². The first-order valence-corrected chi connectivity index (χ1v) is 13.2. The van der Waals surface area contributed by atoms with Crippen molar-refractivity contribution in [1.82, 2.24) is 14.8 Å². The molecule has 4 rings (SSSR count). The summed E-state index contributed by atoms with van der Waals surface area (Å²) in [5, 5.41) is 6.27. The van der Waals surface area contributed by atoms with Gasteiger partial charge in [-0.1, -0.05) is 29.9 Å². The third-order valence-electron chi connectivity index (χ3n) is 5.85. The number of ether oxygens (including phenoxy) is 2. The molecule has 3 amide bonds. The highest BCUT2D eigenvalue weighted by molar-refractivity contribution is 7.09. The minimum Gasteiger partial charge on any atom is -0.488 e. The first-order chi connectivity index (χ1) is 18.4. The molecule has 1 aliphatic carbocycles. The van der Waals surface area contributed by atoms with Gasteiger partial charge in [0.2, 0.25) is 5.90 Å². The summed E-state index contributed by atoms with van der Waals surface area (Å²) >= 11 is 1.41. The Morgan fingerprint density at radius 3 is 2.79 bits per heavy atom. The van der Waals surface area contributed by atoms with Crippen LogP contribution in [0.15, 0.2) is 69.9 Å². The Morgan fingerprint density at radius 2 is 2.11 bits per heavy atom. The molecule has 200 valence electrons. The average Bonchev–Trinajstić information content (AvgIpc) is 3.31. The summed E-state index contributed by atoms with van der Waals surface area (Å²) in [7, 11) is 3.88. The molecule has 1 aliphatic heterocycles. The first-order valence-electron chi connectivity index (χ1n) is 12.3. The molecule has 0 aromatic carbocycles. The molecule has 2 aromatic heterocycles. The minimum absolute atomic E-state index is 0.0930. The molecular formula is C27H32N6O4S. The molecule has 0 saturated heterocycles. The average molecular weight is 537 g/mol. The number of hydrogen-bond acceptors (Lipinski definition) is 8. The lowest BCUT2D eigenvalue weighted by atomic mass is 10.0. The maximum atomic E-state index is 13.2. The number of likely N-dealkylation sites (N-methyl/N-ethyl adjacent to an activating group) is 1. The van der Waals surface area contributed by atoms with Gasteiger partial charge in [0.1, 0.15) is 17.7 Å². The summed E-state index contributed by atoms with van der Waals surface area (Å²) in [6.45, 7) is 1.47. The number of pyridine rings is 1. The van der Waals surface area contributed by atoms with Gasteiger partial charge in [-0.2, -0.15) is 4.99 Å². The summed E-state index contributed by atoms with van der Waals surface area (Å²) in [6.07, 6.45) is 12.0. The SMILES string of the molecule is CN(C)CCN(Cc1ccc(C(=O)Nc2cscc2N)nc1)C(=O)N=C1COC=C(CC2=CC=CCC2)O1. The minimum atomic E-state index is -0.429. The lowest BCUT2D eigenvalue weighted by Crippen LogP contribution is -2.35. The van der Waals surface area contributed by atoms with E-state index in [1.54, 1.807) is 40.3 Å². The normalized spacial score (nSPS) is 15.9. The van der Waals surface area contributed by atoms with Crippen LogP contribution >= 0.6 is 11.3 Å². The number of carbonyl (C=O) groups is 2. The van der Waals surface area contributed by atoms with Gasteiger partial charge in [0.05, 0.1) is 11.4 Å². The number of nitrogens with two attached hydrogens (primary N) is 1. The number of rotatable bonds is 9. The van der Waals surface area contributed by atoms with E-state index in [0.717, 1.165) is 18.4 Å². The van der Waals surface area contributed by atoms with Crippen molar-refractivity contribution in [3.63, 3.8) is 0 Å². The zero-order valence-corrected chi connectivity index (χ0v) is 22.4. The Kier molecular flexibility index (Phi) is 9.28. The Labute approximate surface area is 226 Å². The number of aliphatic imine (C=N–C) groups is 1. The van der Waals surface area contributed by atoms with Crippen LogP contribution in [0, 0.1) is 0 Å². The number of anilines is 2. The van der Waals surface area contributed by atoms with E-state index < -0.39 is 6.03 Å². The summed E-state index contributed by atoms with van der Waals surface area (Å²) in [6, 6.07) is 2.97. The van der Waals surface area contributed by atoms with E-state index in [9.17, 15) is 9.59 Å². The maximum absolute atomic E-state index is 13.2. The number of urea groups is 1.